The maximum absolute atomic E-state index is 8.64. The van der Waals surface area contributed by atoms with Crippen LogP contribution in [-0.2, 0) is 0 Å². The van der Waals surface area contributed by atoms with Crippen molar-refractivity contribution in [2.45, 2.75) is 0 Å². The Balaban J connectivity index is 0. The van der Waals surface area contributed by atoms with Gasteiger partial charge in [0.2, 0.25) is 0 Å². The van der Waals surface area contributed by atoms with Crippen LogP contribution in [-0.4, -0.2) is 50.0 Å². The molecule has 0 saturated carbocycles. The first-order valence-electron chi connectivity index (χ1n) is 2.54. The second kappa shape index (κ2) is 4.75. The average Bonchev–Trinajstić information content (AvgIpc) is 1.19. The summed E-state index contributed by atoms with van der Waals surface area (Å²) in [5.74, 6) is 0. The first-order chi connectivity index (χ1) is 3.73. The molecule has 0 aliphatic heterocycles. The fourth-order valence-corrected chi connectivity index (χ4v) is 0. The summed E-state index contributed by atoms with van der Waals surface area (Å²) in [6.07, 6.45) is 0. The van der Waals surface area contributed by atoms with Crippen molar-refractivity contribution in [1.82, 2.24) is 0 Å². The summed E-state index contributed by atoms with van der Waals surface area (Å²) in [4.78, 5) is 0. The number of hydrogen-bond donors (Lipinski definition) is 2. The molecule has 0 amide bonds. The number of quaternary nitrogens is 1. The first kappa shape index (κ1) is 11.7. The lowest BCUT2D eigenvalue weighted by Crippen LogP contribution is -2.29. The number of nitrogens with zero attached hydrogens (tertiary/aromatic N) is 1. The van der Waals surface area contributed by atoms with Crippen molar-refractivity contribution in [2.75, 3.05) is 28.2 Å². The third-order valence-corrected chi connectivity index (χ3v) is 0. The van der Waals surface area contributed by atoms with Crippen LogP contribution in [0.2, 0.25) is 0 Å². The smallest absolute Gasteiger partial charge is 0.339 e. The van der Waals surface area contributed by atoms with Crippen molar-refractivity contribution in [3.63, 3.8) is 0 Å². The van der Waals surface area contributed by atoms with Gasteiger partial charge in [-0.1, -0.05) is 0 Å². The van der Waals surface area contributed by atoms with Crippen molar-refractivity contribution >= 4 is 7.32 Å². The molecule has 56 valence electrons. The van der Waals surface area contributed by atoms with E-state index in [1.807, 2.05) is 0 Å². The first-order valence-corrected chi connectivity index (χ1v) is 2.54. The van der Waals surface area contributed by atoms with E-state index in [-0.39, 0.29) is 0 Å². The molecule has 0 aromatic rings. The summed E-state index contributed by atoms with van der Waals surface area (Å²) in [5.41, 5.74) is 0. The zero-order chi connectivity index (χ0) is 8.08. The third-order valence-electron chi connectivity index (χ3n) is 0. The highest BCUT2D eigenvalue weighted by molar-refractivity contribution is 6.28. The molecule has 0 heterocycles. The summed E-state index contributed by atoms with van der Waals surface area (Å²) in [5, 5.41) is 22.8. The molecule has 5 heteroatoms. The van der Waals surface area contributed by atoms with E-state index in [1.165, 1.54) is 0 Å². The van der Waals surface area contributed by atoms with E-state index in [1.54, 1.807) is 0 Å². The predicted octanol–water partition coefficient (Wildman–Crippen LogP) is -2.36. The Morgan fingerprint density at radius 2 is 1.11 bits per heavy atom. The Morgan fingerprint density at radius 1 is 1.11 bits per heavy atom. The standard InChI is InChI=1S/C4H12N.BH2O3/c1-5(2,3)4;2-1(3)4/h1-4H3;2-3H/q+1;-1. The topological polar surface area (TPSA) is 63.5 Å². The predicted molar refractivity (Wildman–Crippen MR) is 34.1 cm³/mol. The second-order valence-electron chi connectivity index (χ2n) is 3.01. The molecule has 0 radical (unpaired) electrons. The van der Waals surface area contributed by atoms with Gasteiger partial charge in [0, 0.05) is 0 Å². The molecule has 9 heavy (non-hydrogen) atoms. The van der Waals surface area contributed by atoms with Gasteiger partial charge in [-0.2, -0.15) is 0 Å². The molecule has 0 aliphatic carbocycles. The molecular formula is C4H14BNO3. The van der Waals surface area contributed by atoms with Gasteiger partial charge in [0.15, 0.2) is 0 Å². The molecule has 0 saturated heterocycles. The van der Waals surface area contributed by atoms with Gasteiger partial charge in [-0.15, -0.1) is 0 Å². The maximum atomic E-state index is 8.64. The van der Waals surface area contributed by atoms with E-state index in [4.69, 9.17) is 15.1 Å². The van der Waals surface area contributed by atoms with Crippen LogP contribution in [0.25, 0.3) is 0 Å². The Morgan fingerprint density at radius 3 is 1.11 bits per heavy atom. The van der Waals surface area contributed by atoms with Crippen LogP contribution in [0.1, 0.15) is 0 Å². The van der Waals surface area contributed by atoms with Gasteiger partial charge in [-0.25, -0.2) is 0 Å². The van der Waals surface area contributed by atoms with Gasteiger partial charge < -0.3 is 19.6 Å². The van der Waals surface area contributed by atoms with Crippen molar-refractivity contribution < 1.29 is 19.6 Å². The van der Waals surface area contributed by atoms with E-state index >= 15 is 0 Å². The van der Waals surface area contributed by atoms with Gasteiger partial charge in [0.1, 0.15) is 0 Å². The summed E-state index contributed by atoms with van der Waals surface area (Å²) < 4.78 is 1.00. The molecule has 0 fully saturated rings. The average molecular weight is 135 g/mol. The van der Waals surface area contributed by atoms with Crippen molar-refractivity contribution in [1.29, 1.82) is 0 Å². The molecule has 0 atom stereocenters. The van der Waals surface area contributed by atoms with E-state index < -0.39 is 7.32 Å². The minimum atomic E-state index is -2.42. The lowest BCUT2D eigenvalue weighted by Gasteiger charge is -2.14. The monoisotopic (exact) mass is 135 g/mol. The van der Waals surface area contributed by atoms with Gasteiger partial charge in [0.05, 0.1) is 28.2 Å². The van der Waals surface area contributed by atoms with Crippen molar-refractivity contribution in [3.05, 3.63) is 0 Å². The molecule has 0 bridgehead atoms. The van der Waals surface area contributed by atoms with Crippen LogP contribution in [0.5, 0.6) is 0 Å². The van der Waals surface area contributed by atoms with Crippen LogP contribution < -0.4 is 5.02 Å². The SMILES string of the molecule is C[N+](C)(C)C.[O-]B(O)O. The Bertz CT molecular complexity index is 52.6. The highest BCUT2D eigenvalue weighted by Crippen LogP contribution is 1.73. The lowest BCUT2D eigenvalue weighted by molar-refractivity contribution is -0.849. The van der Waals surface area contributed by atoms with Gasteiger partial charge in [-0.3, -0.25) is 0 Å². The summed E-state index contributed by atoms with van der Waals surface area (Å²) in [7, 11) is 6.08. The largest absolute Gasteiger partial charge is 0.832 e. The van der Waals surface area contributed by atoms with Gasteiger partial charge >= 0.3 is 7.32 Å². The van der Waals surface area contributed by atoms with E-state index in [9.17, 15) is 0 Å². The second-order valence-corrected chi connectivity index (χ2v) is 3.01. The molecule has 0 aromatic carbocycles. The normalized spacial score (nSPS) is 9.67. The third kappa shape index (κ3) is 30500. The lowest BCUT2D eigenvalue weighted by atomic mass is 10.3. The van der Waals surface area contributed by atoms with Crippen molar-refractivity contribution in [2.24, 2.45) is 0 Å². The van der Waals surface area contributed by atoms with E-state index in [0.717, 1.165) is 4.48 Å². The van der Waals surface area contributed by atoms with Crippen LogP contribution in [0.4, 0.5) is 0 Å². The molecule has 4 nitrogen and oxygen atoms in total. The quantitative estimate of drug-likeness (QED) is 0.288. The zero-order valence-electron chi connectivity index (χ0n) is 6.33. The number of rotatable bonds is 0. The molecule has 0 spiro atoms. The van der Waals surface area contributed by atoms with Gasteiger partial charge in [0.25, 0.3) is 0 Å². The highest BCUT2D eigenvalue weighted by Gasteiger charge is 1.88. The highest BCUT2D eigenvalue weighted by atomic mass is 16.5. The Kier molecular flexibility index (Phi) is 6.16. The molecule has 2 N–H and O–H groups in total. The molecule has 0 aliphatic rings. The Labute approximate surface area is 56.1 Å². The summed E-state index contributed by atoms with van der Waals surface area (Å²) in [6.45, 7) is 0. The Hall–Kier alpha value is -0.0951. The fourth-order valence-electron chi connectivity index (χ4n) is 0. The van der Waals surface area contributed by atoms with Crippen LogP contribution in [0, 0.1) is 0 Å². The zero-order valence-corrected chi connectivity index (χ0v) is 6.33. The maximum Gasteiger partial charge on any atom is 0.339 e. The van der Waals surface area contributed by atoms with Gasteiger partial charge in [-0.05, 0) is 0 Å². The summed E-state index contributed by atoms with van der Waals surface area (Å²) >= 11 is 0. The molecule has 0 unspecified atom stereocenters. The minimum Gasteiger partial charge on any atom is -0.832 e. The van der Waals surface area contributed by atoms with Crippen LogP contribution >= 0.6 is 0 Å². The molecule has 0 aromatic heterocycles. The fraction of sp³-hybridized carbons (Fsp3) is 1.00. The van der Waals surface area contributed by atoms with Crippen LogP contribution in [0.3, 0.4) is 0 Å². The van der Waals surface area contributed by atoms with Crippen molar-refractivity contribution in [3.8, 4) is 0 Å². The van der Waals surface area contributed by atoms with Crippen LogP contribution in [0.15, 0.2) is 0 Å². The van der Waals surface area contributed by atoms with E-state index in [2.05, 4.69) is 28.2 Å². The van der Waals surface area contributed by atoms with E-state index in [0.29, 0.717) is 0 Å². The number of hydrogen-bond acceptors (Lipinski definition) is 3. The molecule has 0 rings (SSSR count). The molecular weight excluding hydrogens is 121 g/mol. The summed E-state index contributed by atoms with van der Waals surface area (Å²) in [6, 6.07) is 0. The minimum absolute atomic E-state index is 1.00.